The van der Waals surface area contributed by atoms with Crippen molar-refractivity contribution >= 4 is 0 Å². The first-order valence-corrected chi connectivity index (χ1v) is 17.3. The Morgan fingerprint density at radius 2 is 0.278 bits per heavy atom. The van der Waals surface area contributed by atoms with Crippen LogP contribution in [0.5, 0.6) is 0 Å². The van der Waals surface area contributed by atoms with Crippen LogP contribution in [0.2, 0.25) is 0 Å². The molecule has 4 radical (unpaired) electrons. The van der Waals surface area contributed by atoms with Crippen LogP contribution in [0.3, 0.4) is 0 Å². The van der Waals surface area contributed by atoms with Crippen LogP contribution in [-0.4, -0.2) is 185 Å². The minimum Gasteiger partial charge on any atom is -0.397 e. The monoisotopic (exact) mass is 1240 g/mol. The molecule has 0 saturated heterocycles. The molecule has 4 atom stereocenters. The summed E-state index contributed by atoms with van der Waals surface area (Å²) in [6, 6.07) is 0. The first kappa shape index (κ1) is 117. The standard InChI is InChI=1S/2C5H12O2.12C2H6O.2Co.2Ta/c2*1-4(6)3-5(2)7;12*1-2-3;;;;/h2*4-7H,3H2,1-2H3;12*3H,2H2,1H3;;;;. The molecule has 0 rings (SSSR count). The van der Waals surface area contributed by atoms with Gasteiger partial charge in [0.05, 0.1) is 24.4 Å². The average molecular weight is 1240 g/mol. The zero-order chi connectivity index (χ0) is 44.2. The number of hydrogen-bond donors (Lipinski definition) is 16. The van der Waals surface area contributed by atoms with E-state index in [1.807, 2.05) is 0 Å². The Morgan fingerprint density at radius 1 is 0.241 bits per heavy atom. The molecule has 0 aromatic rings. The molecule has 0 amide bonds. The van der Waals surface area contributed by atoms with Gasteiger partial charge < -0.3 is 81.7 Å². The summed E-state index contributed by atoms with van der Waals surface area (Å²) in [6.07, 6.45) is -0.556. The second-order valence-corrected chi connectivity index (χ2v) is 7.66. The van der Waals surface area contributed by atoms with E-state index in [1.54, 1.807) is 111 Å². The minimum atomic E-state index is -0.375. The van der Waals surface area contributed by atoms with E-state index in [1.165, 1.54) is 0 Å². The van der Waals surface area contributed by atoms with Crippen LogP contribution in [0.4, 0.5) is 0 Å². The van der Waals surface area contributed by atoms with Crippen LogP contribution in [0.1, 0.15) is 124 Å². The zero-order valence-corrected chi connectivity index (χ0v) is 45.4. The summed E-state index contributed by atoms with van der Waals surface area (Å²) in [6.45, 7) is 29.8. The summed E-state index contributed by atoms with van der Waals surface area (Å²) < 4.78 is 0. The van der Waals surface area contributed by atoms with Crippen molar-refractivity contribution in [2.24, 2.45) is 0 Å². The molecule has 356 valence electrons. The molecule has 0 aromatic heterocycles. The molecule has 0 aliphatic rings. The van der Waals surface area contributed by atoms with Crippen molar-refractivity contribution in [3.8, 4) is 0 Å². The quantitative estimate of drug-likeness (QED) is 0.179. The van der Waals surface area contributed by atoms with E-state index in [0.717, 1.165) is 0 Å². The maximum atomic E-state index is 8.56. The van der Waals surface area contributed by atoms with Gasteiger partial charge in [-0.05, 0) is 124 Å². The molecule has 0 spiro atoms. The van der Waals surface area contributed by atoms with E-state index in [0.29, 0.717) is 12.8 Å². The third-order valence-corrected chi connectivity index (χ3v) is 1.36. The van der Waals surface area contributed by atoms with E-state index < -0.39 is 0 Å². The Bertz CT molecular complexity index is 237. The molecule has 4 unspecified atom stereocenters. The van der Waals surface area contributed by atoms with Crippen LogP contribution in [0.25, 0.3) is 0 Å². The molecular formula is C34H96Co2O16Ta2. The molecule has 0 heterocycles. The van der Waals surface area contributed by atoms with Gasteiger partial charge in [-0.1, -0.05) is 0 Å². The van der Waals surface area contributed by atoms with Crippen LogP contribution < -0.4 is 0 Å². The van der Waals surface area contributed by atoms with Gasteiger partial charge in [0.15, 0.2) is 0 Å². The van der Waals surface area contributed by atoms with Gasteiger partial charge in [0.25, 0.3) is 0 Å². The Labute approximate surface area is 384 Å². The van der Waals surface area contributed by atoms with Crippen LogP contribution >= 0.6 is 0 Å². The first-order valence-electron chi connectivity index (χ1n) is 17.3. The fourth-order valence-corrected chi connectivity index (χ4v) is 0.987. The Balaban J connectivity index is -0.0000000163. The van der Waals surface area contributed by atoms with Gasteiger partial charge in [-0.2, -0.15) is 0 Å². The van der Waals surface area contributed by atoms with Crippen molar-refractivity contribution < 1.29 is 160 Å². The maximum absolute atomic E-state index is 8.56. The number of aliphatic hydroxyl groups is 16. The number of rotatable bonds is 4. The smallest absolute Gasteiger partial charge is 0.0536 e. The normalized spacial score (nSPS) is 8.89. The molecule has 16 N–H and O–H groups in total. The van der Waals surface area contributed by atoms with Crippen molar-refractivity contribution in [1.82, 2.24) is 0 Å². The van der Waals surface area contributed by atoms with Gasteiger partial charge in [-0.15, -0.1) is 0 Å². The molecule has 0 fully saturated rings. The SMILES string of the molecule is CC(O)CC(C)O.CC(O)CC(C)O.CCO.CCO.CCO.CCO.CCO.CCO.CCO.CCO.CCO.CCO.CCO.CCO.[Co].[Co].[Ta].[Ta]. The number of aliphatic hydroxyl groups excluding tert-OH is 16. The molecular weight excluding hydrogens is 1140 g/mol. The Kier molecular flexibility index (Phi) is 445. The van der Waals surface area contributed by atoms with Gasteiger partial charge in [-0.3, -0.25) is 0 Å². The molecule has 0 aliphatic carbocycles. The fourth-order valence-electron chi connectivity index (χ4n) is 0.987. The average Bonchev–Trinajstić information content (AvgIpc) is 2.93. The van der Waals surface area contributed by atoms with Crippen LogP contribution in [0.15, 0.2) is 0 Å². The molecule has 16 nitrogen and oxygen atoms in total. The van der Waals surface area contributed by atoms with Crippen molar-refractivity contribution in [3.05, 3.63) is 0 Å². The van der Waals surface area contributed by atoms with Gasteiger partial charge in [-0.25, -0.2) is 0 Å². The minimum absolute atomic E-state index is 0. The summed E-state index contributed by atoms with van der Waals surface area (Å²) in [7, 11) is 0. The number of hydrogen-bond acceptors (Lipinski definition) is 16. The fraction of sp³-hybridized carbons (Fsp3) is 1.00. The predicted octanol–water partition coefficient (Wildman–Crippen LogP) is 0.249. The van der Waals surface area contributed by atoms with E-state index in [9.17, 15) is 0 Å². The Morgan fingerprint density at radius 3 is 0.278 bits per heavy atom. The molecule has 0 aliphatic heterocycles. The summed E-state index contributed by atoms with van der Waals surface area (Å²) >= 11 is 0. The van der Waals surface area contributed by atoms with Gasteiger partial charge in [0, 0.05) is 158 Å². The summed E-state index contributed by atoms with van der Waals surface area (Å²) in [4.78, 5) is 0. The van der Waals surface area contributed by atoms with Crippen molar-refractivity contribution in [1.29, 1.82) is 0 Å². The zero-order valence-electron chi connectivity index (χ0n) is 36.9. The van der Waals surface area contributed by atoms with Crippen molar-refractivity contribution in [2.45, 2.75) is 148 Å². The van der Waals surface area contributed by atoms with Gasteiger partial charge >= 0.3 is 0 Å². The van der Waals surface area contributed by atoms with Crippen molar-refractivity contribution in [3.63, 3.8) is 0 Å². The second-order valence-electron chi connectivity index (χ2n) is 7.66. The topological polar surface area (TPSA) is 324 Å². The van der Waals surface area contributed by atoms with E-state index in [2.05, 4.69) is 0 Å². The third kappa shape index (κ3) is 1550. The van der Waals surface area contributed by atoms with Crippen molar-refractivity contribution in [2.75, 3.05) is 79.3 Å². The van der Waals surface area contributed by atoms with E-state index >= 15 is 0 Å². The summed E-state index contributed by atoms with van der Waals surface area (Å²) in [5.74, 6) is 0. The Hall–Kier alpha value is 1.85. The molecule has 20 heteroatoms. The molecule has 0 bridgehead atoms. The van der Waals surface area contributed by atoms with Gasteiger partial charge in [0.1, 0.15) is 0 Å². The van der Waals surface area contributed by atoms with E-state index in [4.69, 9.17) is 81.7 Å². The predicted molar refractivity (Wildman–Crippen MR) is 209 cm³/mol. The first-order chi connectivity index (χ1) is 23.2. The van der Waals surface area contributed by atoms with Crippen LogP contribution in [0, 0.1) is 0 Å². The largest absolute Gasteiger partial charge is 0.397 e. The molecule has 0 aromatic carbocycles. The molecule has 0 saturated carbocycles. The van der Waals surface area contributed by atoms with Gasteiger partial charge in [0.2, 0.25) is 0 Å². The summed E-state index contributed by atoms with van der Waals surface area (Å²) in [5, 5.41) is 125. The van der Waals surface area contributed by atoms with E-state index in [-0.39, 0.29) is 182 Å². The second kappa shape index (κ2) is 205. The van der Waals surface area contributed by atoms with Crippen LogP contribution in [-0.2, 0) is 78.3 Å². The third-order valence-electron chi connectivity index (χ3n) is 1.36. The maximum Gasteiger partial charge on any atom is 0.0536 e. The molecule has 54 heavy (non-hydrogen) atoms. The summed E-state index contributed by atoms with van der Waals surface area (Å²) in [5.41, 5.74) is 0.